The summed E-state index contributed by atoms with van der Waals surface area (Å²) in [6, 6.07) is 5.36. The first-order chi connectivity index (χ1) is 11.6. The van der Waals surface area contributed by atoms with Crippen LogP contribution in [-0.4, -0.2) is 35.5 Å². The third-order valence-corrected chi connectivity index (χ3v) is 4.50. The largest absolute Gasteiger partial charge is 0.462 e. The Bertz CT molecular complexity index is 627. The lowest BCUT2D eigenvalue weighted by molar-refractivity contribution is -0.384. The summed E-state index contributed by atoms with van der Waals surface area (Å²) in [6.45, 7) is 9.98. The molecule has 1 aliphatic rings. The van der Waals surface area contributed by atoms with Gasteiger partial charge in [0.05, 0.1) is 29.3 Å². The van der Waals surface area contributed by atoms with Crippen LogP contribution in [-0.2, 0) is 14.2 Å². The second-order valence-electron chi connectivity index (χ2n) is 7.04. The van der Waals surface area contributed by atoms with Crippen LogP contribution in [0.15, 0.2) is 24.3 Å². The van der Waals surface area contributed by atoms with Crippen molar-refractivity contribution < 1.29 is 23.9 Å². The van der Waals surface area contributed by atoms with Crippen molar-refractivity contribution in [3.8, 4) is 0 Å². The van der Waals surface area contributed by atoms with Gasteiger partial charge in [-0.15, -0.1) is 0 Å². The molecule has 1 saturated heterocycles. The van der Waals surface area contributed by atoms with Gasteiger partial charge >= 0.3 is 5.97 Å². The van der Waals surface area contributed by atoms with Crippen molar-refractivity contribution >= 4 is 11.7 Å². The third-order valence-electron chi connectivity index (χ3n) is 4.50. The Balaban J connectivity index is 1.95. The number of nitro groups is 1. The zero-order chi connectivity index (χ0) is 18.8. The Kier molecular flexibility index (Phi) is 5.80. The van der Waals surface area contributed by atoms with Gasteiger partial charge in [-0.25, -0.2) is 4.79 Å². The number of hydrogen-bond acceptors (Lipinski definition) is 6. The van der Waals surface area contributed by atoms with Crippen molar-refractivity contribution in [1.82, 2.24) is 0 Å². The Morgan fingerprint density at radius 2 is 1.88 bits per heavy atom. The Hall–Kier alpha value is -1.99. The summed E-state index contributed by atoms with van der Waals surface area (Å²) in [5, 5.41) is 10.6. The standard InChI is InChI=1S/C18H25NO6/c1-11(16-12(2)13(3)24-18(4,5)25-16)10-23-17(20)14-6-8-15(9-7-14)19(21)22/h6-9,11-13,16H,10H2,1-5H3/t11-,12+,13+,16-/m1/s1. The molecule has 1 fully saturated rings. The predicted molar refractivity (Wildman–Crippen MR) is 91.2 cm³/mol. The average molecular weight is 351 g/mol. The number of benzene rings is 1. The van der Waals surface area contributed by atoms with Crippen LogP contribution in [0.3, 0.4) is 0 Å². The number of rotatable bonds is 5. The molecule has 7 nitrogen and oxygen atoms in total. The first kappa shape index (κ1) is 19.3. The van der Waals surface area contributed by atoms with Gasteiger partial charge in [0.25, 0.3) is 5.69 Å². The molecule has 7 heteroatoms. The van der Waals surface area contributed by atoms with E-state index in [1.165, 1.54) is 24.3 Å². The first-order valence-corrected chi connectivity index (χ1v) is 8.38. The van der Waals surface area contributed by atoms with Crippen LogP contribution in [0.25, 0.3) is 0 Å². The van der Waals surface area contributed by atoms with Crippen LogP contribution >= 0.6 is 0 Å². The maximum absolute atomic E-state index is 12.1. The highest BCUT2D eigenvalue weighted by Gasteiger charge is 2.41. The molecule has 25 heavy (non-hydrogen) atoms. The van der Waals surface area contributed by atoms with Crippen LogP contribution in [0, 0.1) is 22.0 Å². The van der Waals surface area contributed by atoms with Gasteiger partial charge in [0.2, 0.25) is 0 Å². The van der Waals surface area contributed by atoms with Gasteiger partial charge in [-0.3, -0.25) is 10.1 Å². The molecule has 0 aromatic heterocycles. The minimum absolute atomic E-state index is 0.0115. The Morgan fingerprint density at radius 1 is 1.28 bits per heavy atom. The van der Waals surface area contributed by atoms with Crippen LogP contribution in [0.4, 0.5) is 5.69 Å². The highest BCUT2D eigenvalue weighted by molar-refractivity contribution is 5.89. The molecular formula is C18H25NO6. The highest BCUT2D eigenvalue weighted by Crippen LogP contribution is 2.34. The monoisotopic (exact) mass is 351 g/mol. The molecule has 0 N–H and O–H groups in total. The molecule has 0 unspecified atom stereocenters. The molecular weight excluding hydrogens is 326 g/mol. The molecule has 2 rings (SSSR count). The normalized spacial score (nSPS) is 26.7. The fourth-order valence-electron chi connectivity index (χ4n) is 3.02. The number of nitrogens with zero attached hydrogens (tertiary/aromatic N) is 1. The first-order valence-electron chi connectivity index (χ1n) is 8.38. The molecule has 0 aliphatic carbocycles. The number of nitro benzene ring substituents is 1. The predicted octanol–water partition coefficient (Wildman–Crippen LogP) is 3.56. The van der Waals surface area contributed by atoms with Gasteiger partial charge in [0.1, 0.15) is 0 Å². The van der Waals surface area contributed by atoms with Gasteiger partial charge < -0.3 is 14.2 Å². The van der Waals surface area contributed by atoms with E-state index in [2.05, 4.69) is 6.92 Å². The fraction of sp³-hybridized carbons (Fsp3) is 0.611. The van der Waals surface area contributed by atoms with E-state index >= 15 is 0 Å². The maximum atomic E-state index is 12.1. The van der Waals surface area contributed by atoms with Gasteiger partial charge in [-0.2, -0.15) is 0 Å². The number of ether oxygens (including phenoxy) is 3. The molecule has 0 saturated carbocycles. The zero-order valence-electron chi connectivity index (χ0n) is 15.2. The fourth-order valence-corrected chi connectivity index (χ4v) is 3.02. The minimum Gasteiger partial charge on any atom is -0.462 e. The number of esters is 1. The van der Waals surface area contributed by atoms with Crippen molar-refractivity contribution in [2.75, 3.05) is 6.61 Å². The SMILES string of the molecule is C[C@@H]1[C@@H]([C@H](C)COC(=O)c2ccc([N+](=O)[O-])cc2)OC(C)(C)O[C@H]1C. The lowest BCUT2D eigenvalue weighted by Gasteiger charge is -2.45. The summed E-state index contributed by atoms with van der Waals surface area (Å²) >= 11 is 0. The molecule has 1 aromatic rings. The second kappa shape index (κ2) is 7.49. The summed E-state index contributed by atoms with van der Waals surface area (Å²) in [6.07, 6.45) is -0.0509. The number of carbonyl (C=O) groups excluding carboxylic acids is 1. The molecule has 1 heterocycles. The smallest absolute Gasteiger partial charge is 0.338 e. The van der Waals surface area contributed by atoms with E-state index < -0.39 is 16.7 Å². The summed E-state index contributed by atoms with van der Waals surface area (Å²) in [5.41, 5.74) is 0.220. The molecule has 0 radical (unpaired) electrons. The van der Waals surface area contributed by atoms with Crippen LogP contribution in [0.1, 0.15) is 45.0 Å². The number of carbonyl (C=O) groups is 1. The van der Waals surface area contributed by atoms with Crippen molar-refractivity contribution in [3.05, 3.63) is 39.9 Å². The van der Waals surface area contributed by atoms with Gasteiger partial charge in [0, 0.05) is 24.0 Å². The minimum atomic E-state index is -0.673. The third kappa shape index (κ3) is 4.76. The molecule has 0 spiro atoms. The molecule has 0 bridgehead atoms. The molecule has 4 atom stereocenters. The van der Waals surface area contributed by atoms with E-state index in [0.29, 0.717) is 0 Å². The quantitative estimate of drug-likeness (QED) is 0.458. The van der Waals surface area contributed by atoms with Crippen LogP contribution < -0.4 is 0 Å². The number of non-ortho nitro benzene ring substituents is 1. The molecule has 1 aromatic carbocycles. The molecule has 138 valence electrons. The second-order valence-corrected chi connectivity index (χ2v) is 7.04. The zero-order valence-corrected chi connectivity index (χ0v) is 15.2. The van der Waals surface area contributed by atoms with Gasteiger partial charge in [-0.05, 0) is 32.9 Å². The maximum Gasteiger partial charge on any atom is 0.338 e. The van der Waals surface area contributed by atoms with Crippen molar-refractivity contribution in [2.24, 2.45) is 11.8 Å². The van der Waals surface area contributed by atoms with E-state index in [4.69, 9.17) is 14.2 Å². The topological polar surface area (TPSA) is 87.9 Å². The molecule has 1 aliphatic heterocycles. The summed E-state index contributed by atoms with van der Waals surface area (Å²) in [4.78, 5) is 22.3. The van der Waals surface area contributed by atoms with E-state index in [1.807, 2.05) is 27.7 Å². The summed E-state index contributed by atoms with van der Waals surface area (Å²) < 4.78 is 17.2. The lowest BCUT2D eigenvalue weighted by Crippen LogP contribution is -2.51. The molecule has 0 amide bonds. The highest BCUT2D eigenvalue weighted by atomic mass is 16.7. The lowest BCUT2D eigenvalue weighted by atomic mass is 9.88. The van der Waals surface area contributed by atoms with Crippen molar-refractivity contribution in [1.29, 1.82) is 0 Å². The van der Waals surface area contributed by atoms with Gasteiger partial charge in [0.15, 0.2) is 5.79 Å². The van der Waals surface area contributed by atoms with Gasteiger partial charge in [-0.1, -0.05) is 13.8 Å². The number of hydrogen-bond donors (Lipinski definition) is 0. The van der Waals surface area contributed by atoms with E-state index in [0.717, 1.165) is 0 Å². The van der Waals surface area contributed by atoms with Crippen molar-refractivity contribution in [3.63, 3.8) is 0 Å². The summed E-state index contributed by atoms with van der Waals surface area (Å²) in [7, 11) is 0. The van der Waals surface area contributed by atoms with Crippen LogP contribution in [0.5, 0.6) is 0 Å². The van der Waals surface area contributed by atoms with E-state index in [1.54, 1.807) is 0 Å². The van der Waals surface area contributed by atoms with Crippen molar-refractivity contribution in [2.45, 2.75) is 52.6 Å². The average Bonchev–Trinajstić information content (AvgIpc) is 2.55. The van der Waals surface area contributed by atoms with E-state index in [9.17, 15) is 14.9 Å². The van der Waals surface area contributed by atoms with E-state index in [-0.39, 0.29) is 41.9 Å². The summed E-state index contributed by atoms with van der Waals surface area (Å²) in [5.74, 6) is -1.02. The Labute approximate surface area is 147 Å². The van der Waals surface area contributed by atoms with Crippen LogP contribution in [0.2, 0.25) is 0 Å². The Morgan fingerprint density at radius 3 is 2.44 bits per heavy atom.